The van der Waals surface area contributed by atoms with Crippen LogP contribution in [-0.2, 0) is 0 Å². The molecule has 2 aromatic carbocycles. The van der Waals surface area contributed by atoms with Gasteiger partial charge in [-0.2, -0.15) is 0 Å². The van der Waals surface area contributed by atoms with Crippen molar-refractivity contribution in [1.82, 2.24) is 9.97 Å². The van der Waals surface area contributed by atoms with E-state index >= 15 is 0 Å². The van der Waals surface area contributed by atoms with Crippen molar-refractivity contribution in [3.63, 3.8) is 0 Å². The Labute approximate surface area is 188 Å². The summed E-state index contributed by atoms with van der Waals surface area (Å²) in [5, 5.41) is 0. The first-order valence-electron chi connectivity index (χ1n) is 9.34. The second-order valence-corrected chi connectivity index (χ2v) is 8.11. The molecule has 0 atom stereocenters. The lowest BCUT2D eigenvalue weighted by molar-refractivity contribution is 0.102. The van der Waals surface area contributed by atoms with Gasteiger partial charge in [-0.05, 0) is 83.1 Å². The standard InChI is InChI=1S/C25H17IN2O2/c1-16-2-4-20(22(14-16)24(29)17-6-10-27-11-7-17)21-5-3-19(26)15-23(21)25(30)18-8-12-28-13-9-18/h2-15H,1H3. The number of hydrogen-bond acceptors (Lipinski definition) is 4. The third kappa shape index (κ3) is 4.07. The Hall–Kier alpha value is -3.19. The van der Waals surface area contributed by atoms with E-state index in [1.807, 2.05) is 43.3 Å². The first-order valence-corrected chi connectivity index (χ1v) is 10.4. The average Bonchev–Trinajstić information content (AvgIpc) is 2.79. The van der Waals surface area contributed by atoms with Gasteiger partial charge in [-0.25, -0.2) is 0 Å². The van der Waals surface area contributed by atoms with Crippen molar-refractivity contribution in [3.8, 4) is 11.1 Å². The summed E-state index contributed by atoms with van der Waals surface area (Å²) in [6.45, 7) is 1.95. The fourth-order valence-electron chi connectivity index (χ4n) is 3.34. The number of hydrogen-bond donors (Lipinski definition) is 0. The molecule has 0 saturated carbocycles. The highest BCUT2D eigenvalue weighted by Gasteiger charge is 2.21. The SMILES string of the molecule is Cc1ccc(-c2ccc(I)cc2C(=O)c2ccncc2)c(C(=O)c2ccncc2)c1. The van der Waals surface area contributed by atoms with Gasteiger partial charge >= 0.3 is 0 Å². The maximum atomic E-state index is 13.3. The molecule has 146 valence electrons. The first-order chi connectivity index (χ1) is 14.5. The summed E-state index contributed by atoms with van der Waals surface area (Å²) in [5.74, 6) is -0.203. The number of pyridine rings is 2. The summed E-state index contributed by atoms with van der Waals surface area (Å²) >= 11 is 2.19. The third-order valence-corrected chi connectivity index (χ3v) is 5.49. The predicted octanol–water partition coefficient (Wildman–Crippen LogP) is 5.52. The predicted molar refractivity (Wildman–Crippen MR) is 125 cm³/mol. The van der Waals surface area contributed by atoms with E-state index in [0.29, 0.717) is 22.3 Å². The van der Waals surface area contributed by atoms with Crippen LogP contribution in [0.3, 0.4) is 0 Å². The van der Waals surface area contributed by atoms with Crippen molar-refractivity contribution in [1.29, 1.82) is 0 Å². The largest absolute Gasteiger partial charge is 0.289 e. The van der Waals surface area contributed by atoms with Crippen LogP contribution in [0.25, 0.3) is 11.1 Å². The summed E-state index contributed by atoms with van der Waals surface area (Å²) in [4.78, 5) is 34.6. The number of halogens is 1. The molecule has 2 heterocycles. The number of aromatic nitrogens is 2. The van der Waals surface area contributed by atoms with E-state index in [4.69, 9.17) is 0 Å². The first kappa shape index (κ1) is 20.1. The van der Waals surface area contributed by atoms with Crippen LogP contribution < -0.4 is 0 Å². The molecule has 30 heavy (non-hydrogen) atoms. The van der Waals surface area contributed by atoms with Gasteiger partial charge in [0.1, 0.15) is 0 Å². The van der Waals surface area contributed by atoms with Crippen LogP contribution in [0.2, 0.25) is 0 Å². The summed E-state index contributed by atoms with van der Waals surface area (Å²) in [6, 6.07) is 18.2. The highest BCUT2D eigenvalue weighted by atomic mass is 127. The Morgan fingerprint density at radius 2 is 1.13 bits per heavy atom. The number of nitrogens with zero attached hydrogens (tertiary/aromatic N) is 2. The molecule has 0 aliphatic rings. The zero-order valence-electron chi connectivity index (χ0n) is 16.2. The quantitative estimate of drug-likeness (QED) is 0.265. The van der Waals surface area contributed by atoms with Gasteiger partial charge in [-0.3, -0.25) is 19.6 Å². The summed E-state index contributed by atoms with van der Waals surface area (Å²) in [7, 11) is 0. The Morgan fingerprint density at radius 3 is 1.67 bits per heavy atom. The lowest BCUT2D eigenvalue weighted by Gasteiger charge is -2.14. The number of aryl methyl sites for hydroxylation is 1. The van der Waals surface area contributed by atoms with Gasteiger partial charge in [0.25, 0.3) is 0 Å². The van der Waals surface area contributed by atoms with Gasteiger partial charge in [0.05, 0.1) is 0 Å². The topological polar surface area (TPSA) is 59.9 Å². The maximum absolute atomic E-state index is 13.3. The lowest BCUT2D eigenvalue weighted by atomic mass is 9.88. The van der Waals surface area contributed by atoms with E-state index in [2.05, 4.69) is 32.6 Å². The van der Waals surface area contributed by atoms with Gasteiger partial charge in [-0.15, -0.1) is 0 Å². The number of benzene rings is 2. The molecule has 0 radical (unpaired) electrons. The Balaban J connectivity index is 1.90. The molecule has 0 aliphatic carbocycles. The monoisotopic (exact) mass is 504 g/mol. The van der Waals surface area contributed by atoms with Crippen LogP contribution in [0.15, 0.2) is 85.5 Å². The van der Waals surface area contributed by atoms with Crippen LogP contribution >= 0.6 is 22.6 Å². The van der Waals surface area contributed by atoms with Crippen LogP contribution in [0.1, 0.15) is 37.4 Å². The van der Waals surface area contributed by atoms with E-state index in [-0.39, 0.29) is 11.6 Å². The minimum absolute atomic E-state index is 0.100. The van der Waals surface area contributed by atoms with E-state index in [9.17, 15) is 9.59 Å². The molecule has 4 aromatic rings. The average molecular weight is 504 g/mol. The summed E-state index contributed by atoms with van der Waals surface area (Å²) in [5.41, 5.74) is 4.67. The van der Waals surface area contributed by atoms with Crippen molar-refractivity contribution in [2.75, 3.05) is 0 Å². The molecule has 0 bridgehead atoms. The summed E-state index contributed by atoms with van der Waals surface area (Å²) in [6.07, 6.45) is 6.41. The van der Waals surface area contributed by atoms with Crippen molar-refractivity contribution in [2.24, 2.45) is 0 Å². The van der Waals surface area contributed by atoms with Crippen molar-refractivity contribution in [3.05, 3.63) is 117 Å². The zero-order chi connectivity index (χ0) is 21.1. The van der Waals surface area contributed by atoms with Crippen molar-refractivity contribution < 1.29 is 9.59 Å². The Kier molecular flexibility index (Phi) is 5.81. The van der Waals surface area contributed by atoms with Crippen LogP contribution in [0.4, 0.5) is 0 Å². The molecule has 4 nitrogen and oxygen atoms in total. The van der Waals surface area contributed by atoms with Crippen LogP contribution in [-0.4, -0.2) is 21.5 Å². The highest BCUT2D eigenvalue weighted by molar-refractivity contribution is 14.1. The molecular weight excluding hydrogens is 487 g/mol. The second-order valence-electron chi connectivity index (χ2n) is 6.87. The third-order valence-electron chi connectivity index (χ3n) is 4.82. The number of rotatable bonds is 5. The van der Waals surface area contributed by atoms with Crippen LogP contribution in [0, 0.1) is 10.5 Å². The van der Waals surface area contributed by atoms with Gasteiger partial charge < -0.3 is 0 Å². The van der Waals surface area contributed by atoms with E-state index < -0.39 is 0 Å². The number of ketones is 2. The molecule has 0 N–H and O–H groups in total. The molecular formula is C25H17IN2O2. The fourth-order valence-corrected chi connectivity index (χ4v) is 3.83. The van der Waals surface area contributed by atoms with E-state index in [1.54, 1.807) is 49.1 Å². The highest BCUT2D eigenvalue weighted by Crippen LogP contribution is 2.32. The second kappa shape index (κ2) is 8.67. The van der Waals surface area contributed by atoms with Crippen molar-refractivity contribution in [2.45, 2.75) is 6.92 Å². The smallest absolute Gasteiger partial charge is 0.193 e. The molecule has 4 rings (SSSR count). The van der Waals surface area contributed by atoms with Crippen LogP contribution in [0.5, 0.6) is 0 Å². The minimum Gasteiger partial charge on any atom is -0.289 e. The van der Waals surface area contributed by atoms with Gasteiger partial charge in [0, 0.05) is 50.6 Å². The maximum Gasteiger partial charge on any atom is 0.193 e. The molecule has 0 amide bonds. The fraction of sp³-hybridized carbons (Fsp3) is 0.0400. The normalized spacial score (nSPS) is 10.6. The molecule has 0 fully saturated rings. The van der Waals surface area contributed by atoms with E-state index in [0.717, 1.165) is 20.3 Å². The molecule has 0 spiro atoms. The molecule has 5 heteroatoms. The van der Waals surface area contributed by atoms with E-state index in [1.165, 1.54) is 0 Å². The van der Waals surface area contributed by atoms with Gasteiger partial charge in [0.15, 0.2) is 11.6 Å². The zero-order valence-corrected chi connectivity index (χ0v) is 18.3. The molecule has 0 unspecified atom stereocenters. The molecule has 0 saturated heterocycles. The number of carbonyl (C=O) groups is 2. The van der Waals surface area contributed by atoms with Gasteiger partial charge in [0.2, 0.25) is 0 Å². The number of carbonyl (C=O) groups excluding carboxylic acids is 2. The lowest BCUT2D eigenvalue weighted by Crippen LogP contribution is -2.08. The van der Waals surface area contributed by atoms with Crippen molar-refractivity contribution >= 4 is 34.2 Å². The summed E-state index contributed by atoms with van der Waals surface area (Å²) < 4.78 is 0.947. The Bertz CT molecular complexity index is 1140. The minimum atomic E-state index is -0.103. The molecule has 0 aliphatic heterocycles. The Morgan fingerprint density at radius 1 is 0.667 bits per heavy atom. The molecule has 2 aromatic heterocycles. The van der Waals surface area contributed by atoms with Gasteiger partial charge in [-0.1, -0.05) is 23.8 Å².